The van der Waals surface area contributed by atoms with E-state index in [2.05, 4.69) is 26.0 Å². The number of hydrogen-bond acceptors (Lipinski definition) is 3. The van der Waals surface area contributed by atoms with Gasteiger partial charge in [-0.05, 0) is 51.5 Å². The minimum absolute atomic E-state index is 0.0633. The van der Waals surface area contributed by atoms with Crippen molar-refractivity contribution in [2.75, 3.05) is 13.1 Å². The van der Waals surface area contributed by atoms with Crippen LogP contribution in [-0.2, 0) is 11.3 Å². The molecule has 0 saturated carbocycles. The third-order valence-electron chi connectivity index (χ3n) is 3.40. The Kier molecular flexibility index (Phi) is 6.77. The Balaban J connectivity index is 1.92. The van der Waals surface area contributed by atoms with Crippen LogP contribution in [0.5, 0.6) is 0 Å². The maximum atomic E-state index is 11.9. The van der Waals surface area contributed by atoms with Crippen molar-refractivity contribution in [3.8, 4) is 5.69 Å². The molecule has 2 aromatic rings. The van der Waals surface area contributed by atoms with E-state index in [4.69, 9.17) is 0 Å². The number of amides is 1. The highest BCUT2D eigenvalue weighted by Gasteiger charge is 2.13. The predicted octanol–water partition coefficient (Wildman–Crippen LogP) is 1.84. The van der Waals surface area contributed by atoms with Crippen LogP contribution in [0.4, 0.5) is 0 Å². The highest BCUT2D eigenvalue weighted by molar-refractivity contribution is 5.86. The molecule has 0 radical (unpaired) electrons. The van der Waals surface area contributed by atoms with Crippen molar-refractivity contribution in [2.45, 2.75) is 39.8 Å². The molecule has 3 N–H and O–H groups in total. The Hall–Kier alpha value is -2.83. The predicted molar refractivity (Wildman–Crippen MR) is 104 cm³/mol. The van der Waals surface area contributed by atoms with Gasteiger partial charge in [-0.2, -0.15) is 5.10 Å². The molecule has 26 heavy (non-hydrogen) atoms. The van der Waals surface area contributed by atoms with Crippen LogP contribution in [0.1, 0.15) is 33.3 Å². The van der Waals surface area contributed by atoms with Crippen LogP contribution in [0.3, 0.4) is 0 Å². The summed E-state index contributed by atoms with van der Waals surface area (Å²) in [5, 5.41) is 13.3. The van der Waals surface area contributed by atoms with Crippen LogP contribution >= 0.6 is 0 Å². The molecule has 140 valence electrons. The molecule has 1 aromatic heterocycles. The maximum Gasteiger partial charge on any atom is 0.239 e. The average Bonchev–Trinajstić information content (AvgIpc) is 3.11. The number of guanidine groups is 1. The second-order valence-corrected chi connectivity index (χ2v) is 6.96. The number of hydrogen-bond donors (Lipinski definition) is 3. The molecule has 7 heteroatoms. The van der Waals surface area contributed by atoms with E-state index in [1.807, 2.05) is 68.9 Å². The fraction of sp³-hybridized carbons (Fsp3) is 0.421. The molecule has 0 atom stereocenters. The van der Waals surface area contributed by atoms with Gasteiger partial charge >= 0.3 is 0 Å². The van der Waals surface area contributed by atoms with E-state index in [1.165, 1.54) is 0 Å². The normalized spacial score (nSPS) is 11.9. The van der Waals surface area contributed by atoms with E-state index in [0.29, 0.717) is 12.5 Å². The number of nitrogens with one attached hydrogen (secondary N) is 3. The Morgan fingerprint density at radius 1 is 1.19 bits per heavy atom. The SMILES string of the molecule is CCNC(=NCc1ccc(-n2cccn2)cc1)NCC(=O)NC(C)(C)C. The van der Waals surface area contributed by atoms with Gasteiger partial charge in [0.25, 0.3) is 0 Å². The second kappa shape index (κ2) is 9.03. The molecule has 0 bridgehead atoms. The van der Waals surface area contributed by atoms with Gasteiger partial charge in [-0.25, -0.2) is 9.67 Å². The van der Waals surface area contributed by atoms with Crippen LogP contribution in [-0.4, -0.2) is 40.3 Å². The molecule has 0 aliphatic rings. The zero-order chi connectivity index (χ0) is 19.0. The van der Waals surface area contributed by atoms with Gasteiger partial charge in [-0.15, -0.1) is 0 Å². The molecule has 1 amide bonds. The lowest BCUT2D eigenvalue weighted by molar-refractivity contribution is -0.121. The first-order valence-corrected chi connectivity index (χ1v) is 8.79. The quantitative estimate of drug-likeness (QED) is 0.545. The van der Waals surface area contributed by atoms with Gasteiger partial charge in [0.1, 0.15) is 0 Å². The molecule has 0 aliphatic carbocycles. The van der Waals surface area contributed by atoms with Gasteiger partial charge in [-0.3, -0.25) is 4.79 Å². The van der Waals surface area contributed by atoms with Gasteiger partial charge in [-0.1, -0.05) is 12.1 Å². The Morgan fingerprint density at radius 2 is 1.92 bits per heavy atom. The van der Waals surface area contributed by atoms with Crippen molar-refractivity contribution in [1.29, 1.82) is 0 Å². The molecule has 0 aliphatic heterocycles. The number of benzene rings is 1. The molecular weight excluding hydrogens is 328 g/mol. The Bertz CT molecular complexity index is 713. The summed E-state index contributed by atoms with van der Waals surface area (Å²) in [5.41, 5.74) is 1.84. The molecule has 1 aromatic carbocycles. The van der Waals surface area contributed by atoms with Gasteiger partial charge in [0.2, 0.25) is 5.91 Å². The fourth-order valence-corrected chi connectivity index (χ4v) is 2.31. The molecule has 0 fully saturated rings. The minimum Gasteiger partial charge on any atom is -0.357 e. The van der Waals surface area contributed by atoms with Gasteiger partial charge < -0.3 is 16.0 Å². The average molecular weight is 356 g/mol. The van der Waals surface area contributed by atoms with Gasteiger partial charge in [0.15, 0.2) is 5.96 Å². The van der Waals surface area contributed by atoms with E-state index < -0.39 is 0 Å². The summed E-state index contributed by atoms with van der Waals surface area (Å²) in [6, 6.07) is 9.96. The maximum absolute atomic E-state index is 11.9. The standard InChI is InChI=1S/C19H28N6O/c1-5-20-18(22-14-17(26)24-19(2,3)4)21-13-15-7-9-16(10-8-15)25-12-6-11-23-25/h6-12H,5,13-14H2,1-4H3,(H,24,26)(H2,20,21,22). The number of carbonyl (C=O) groups is 1. The van der Waals surface area contributed by atoms with E-state index in [1.54, 1.807) is 6.20 Å². The third kappa shape index (κ3) is 6.58. The molecule has 0 unspecified atom stereocenters. The smallest absolute Gasteiger partial charge is 0.239 e. The summed E-state index contributed by atoms with van der Waals surface area (Å²) in [4.78, 5) is 16.5. The highest BCUT2D eigenvalue weighted by Crippen LogP contribution is 2.09. The summed E-state index contributed by atoms with van der Waals surface area (Å²) in [5.74, 6) is 0.555. The van der Waals surface area contributed by atoms with Crippen molar-refractivity contribution < 1.29 is 4.79 Å². The minimum atomic E-state index is -0.245. The van der Waals surface area contributed by atoms with Gasteiger partial charge in [0.05, 0.1) is 18.8 Å². The van der Waals surface area contributed by atoms with E-state index in [9.17, 15) is 4.79 Å². The summed E-state index contributed by atoms with van der Waals surface area (Å²) in [6.07, 6.45) is 3.66. The van der Waals surface area contributed by atoms with Crippen molar-refractivity contribution in [1.82, 2.24) is 25.7 Å². The van der Waals surface area contributed by atoms with Crippen LogP contribution in [0, 0.1) is 0 Å². The third-order valence-corrected chi connectivity index (χ3v) is 3.40. The molecule has 1 heterocycles. The van der Waals surface area contributed by atoms with Crippen LogP contribution in [0.25, 0.3) is 5.69 Å². The molecule has 0 saturated heterocycles. The van der Waals surface area contributed by atoms with Crippen molar-refractivity contribution in [2.24, 2.45) is 4.99 Å². The summed E-state index contributed by atoms with van der Waals surface area (Å²) >= 11 is 0. The summed E-state index contributed by atoms with van der Waals surface area (Å²) in [6.45, 7) is 9.29. The van der Waals surface area contributed by atoms with Crippen LogP contribution < -0.4 is 16.0 Å². The number of aromatic nitrogens is 2. The lowest BCUT2D eigenvalue weighted by Gasteiger charge is -2.21. The number of rotatable bonds is 6. The van der Waals surface area contributed by atoms with E-state index in [-0.39, 0.29) is 18.0 Å². The van der Waals surface area contributed by atoms with E-state index >= 15 is 0 Å². The number of carbonyl (C=O) groups excluding carboxylic acids is 1. The van der Waals surface area contributed by atoms with Crippen molar-refractivity contribution in [3.05, 3.63) is 48.3 Å². The number of nitrogens with zero attached hydrogens (tertiary/aromatic N) is 3. The fourth-order valence-electron chi connectivity index (χ4n) is 2.31. The first-order chi connectivity index (χ1) is 12.4. The van der Waals surface area contributed by atoms with Gasteiger partial charge in [0, 0.05) is 24.5 Å². The van der Waals surface area contributed by atoms with Crippen molar-refractivity contribution in [3.63, 3.8) is 0 Å². The van der Waals surface area contributed by atoms with Crippen LogP contribution in [0.2, 0.25) is 0 Å². The lowest BCUT2D eigenvalue weighted by atomic mass is 10.1. The lowest BCUT2D eigenvalue weighted by Crippen LogP contribution is -2.48. The zero-order valence-corrected chi connectivity index (χ0v) is 15.9. The van der Waals surface area contributed by atoms with Crippen LogP contribution in [0.15, 0.2) is 47.7 Å². The largest absolute Gasteiger partial charge is 0.357 e. The highest BCUT2D eigenvalue weighted by atomic mass is 16.2. The topological polar surface area (TPSA) is 83.3 Å². The number of aliphatic imine (C=N–C) groups is 1. The molecular formula is C19H28N6O. The molecule has 7 nitrogen and oxygen atoms in total. The monoisotopic (exact) mass is 356 g/mol. The zero-order valence-electron chi connectivity index (χ0n) is 15.9. The molecule has 2 rings (SSSR count). The summed E-state index contributed by atoms with van der Waals surface area (Å²) < 4.78 is 1.81. The Labute approximate surface area is 154 Å². The first kappa shape index (κ1) is 19.5. The van der Waals surface area contributed by atoms with E-state index in [0.717, 1.165) is 17.8 Å². The molecule has 0 spiro atoms. The van der Waals surface area contributed by atoms with Crippen molar-refractivity contribution >= 4 is 11.9 Å². The first-order valence-electron chi connectivity index (χ1n) is 8.79. The second-order valence-electron chi connectivity index (χ2n) is 6.96. The summed E-state index contributed by atoms with van der Waals surface area (Å²) in [7, 11) is 0. The Morgan fingerprint density at radius 3 is 2.50 bits per heavy atom.